The minimum atomic E-state index is -2.88. The van der Waals surface area contributed by atoms with Gasteiger partial charge in [0, 0.05) is 29.6 Å². The van der Waals surface area contributed by atoms with Crippen LogP contribution in [0.15, 0.2) is 47.0 Å². The van der Waals surface area contributed by atoms with Crippen molar-refractivity contribution in [3.63, 3.8) is 0 Å². The lowest BCUT2D eigenvalue weighted by molar-refractivity contribution is -0.144. The van der Waals surface area contributed by atoms with Crippen LogP contribution in [-0.2, 0) is 16.6 Å². The molecule has 1 N–H and O–H groups in total. The summed E-state index contributed by atoms with van der Waals surface area (Å²) in [4.78, 5) is 18.6. The summed E-state index contributed by atoms with van der Waals surface area (Å²) in [6.45, 7) is -0.452. The van der Waals surface area contributed by atoms with Gasteiger partial charge in [0.05, 0.1) is 5.41 Å². The quantitative estimate of drug-likeness (QED) is 0.521. The van der Waals surface area contributed by atoms with Crippen molar-refractivity contribution in [3.05, 3.63) is 53.6 Å². The van der Waals surface area contributed by atoms with Gasteiger partial charge in [-0.2, -0.15) is 13.8 Å². The maximum atomic E-state index is 12.4. The number of likely N-dealkylation sites (tertiary alicyclic amines) is 1. The monoisotopic (exact) mass is 481 g/mol. The van der Waals surface area contributed by atoms with Crippen molar-refractivity contribution in [1.82, 2.24) is 15.0 Å². The van der Waals surface area contributed by atoms with Crippen LogP contribution in [-0.4, -0.2) is 52.4 Å². The Kier molecular flexibility index (Phi) is 5.14. The highest BCUT2D eigenvalue weighted by molar-refractivity contribution is 5.78. The summed E-state index contributed by atoms with van der Waals surface area (Å²) in [5, 5.41) is 13.8. The number of hydrogen-bond acceptors (Lipinski definition) is 6. The topological polar surface area (TPSA) is 88.7 Å². The van der Waals surface area contributed by atoms with Gasteiger partial charge in [-0.3, -0.25) is 4.79 Å². The highest BCUT2D eigenvalue weighted by atomic mass is 19.3. The van der Waals surface area contributed by atoms with Gasteiger partial charge >= 0.3 is 12.6 Å². The second-order valence-electron chi connectivity index (χ2n) is 9.98. The van der Waals surface area contributed by atoms with Gasteiger partial charge < -0.3 is 19.3 Å². The fourth-order valence-electron chi connectivity index (χ4n) is 5.83. The molecule has 1 unspecified atom stereocenters. The van der Waals surface area contributed by atoms with E-state index >= 15 is 0 Å². The molecule has 1 spiro atoms. The SMILES string of the molecule is O=C(O)C1(CN2CCC3(CCc4c(-c5noc(-c6ccc(OC(F)F)cc6)n5)cccc43)C2)CC1. The van der Waals surface area contributed by atoms with Gasteiger partial charge in [-0.25, -0.2) is 0 Å². The summed E-state index contributed by atoms with van der Waals surface area (Å²) >= 11 is 0. The van der Waals surface area contributed by atoms with Gasteiger partial charge in [-0.1, -0.05) is 23.4 Å². The second kappa shape index (κ2) is 8.12. The number of ether oxygens (including phenoxy) is 1. The zero-order valence-electron chi connectivity index (χ0n) is 19.0. The number of hydrogen-bond donors (Lipinski definition) is 1. The van der Waals surface area contributed by atoms with Crippen LogP contribution >= 0.6 is 0 Å². The summed E-state index contributed by atoms with van der Waals surface area (Å²) in [6, 6.07) is 12.3. The Morgan fingerprint density at radius 2 is 1.94 bits per heavy atom. The van der Waals surface area contributed by atoms with E-state index in [1.54, 1.807) is 12.1 Å². The number of alkyl halides is 2. The minimum Gasteiger partial charge on any atom is -0.481 e. The van der Waals surface area contributed by atoms with E-state index in [1.165, 1.54) is 23.3 Å². The standard InChI is InChI=1S/C26H25F2N3O4/c27-24(28)34-17-6-4-16(5-7-17)22-29-21(30-35-22)19-2-1-3-20-18(19)8-9-25(20)12-13-31(14-25)15-26(10-11-26)23(32)33/h1-7,24H,8-15H2,(H,32,33). The highest BCUT2D eigenvalue weighted by Crippen LogP contribution is 2.51. The third-order valence-electron chi connectivity index (χ3n) is 7.86. The van der Waals surface area contributed by atoms with Crippen molar-refractivity contribution in [1.29, 1.82) is 0 Å². The van der Waals surface area contributed by atoms with Gasteiger partial charge in [0.2, 0.25) is 5.82 Å². The molecule has 1 atom stereocenters. The number of carboxylic acids is 1. The zero-order valence-corrected chi connectivity index (χ0v) is 19.0. The zero-order chi connectivity index (χ0) is 24.2. The first-order valence-corrected chi connectivity index (χ1v) is 11.9. The van der Waals surface area contributed by atoms with Crippen molar-refractivity contribution in [2.45, 2.75) is 44.1 Å². The Morgan fingerprint density at radius 1 is 1.14 bits per heavy atom. The fourth-order valence-corrected chi connectivity index (χ4v) is 5.83. The van der Waals surface area contributed by atoms with Gasteiger partial charge in [-0.15, -0.1) is 0 Å². The predicted molar refractivity (Wildman–Crippen MR) is 122 cm³/mol. The van der Waals surface area contributed by atoms with E-state index in [4.69, 9.17) is 4.52 Å². The van der Waals surface area contributed by atoms with Crippen LogP contribution < -0.4 is 4.74 Å². The molecule has 35 heavy (non-hydrogen) atoms. The lowest BCUT2D eigenvalue weighted by atomic mass is 9.81. The van der Waals surface area contributed by atoms with E-state index in [1.807, 2.05) is 12.1 Å². The average molecular weight is 481 g/mol. The molecule has 182 valence electrons. The molecular formula is C26H25F2N3O4. The minimum absolute atomic E-state index is 0.0347. The van der Waals surface area contributed by atoms with Crippen molar-refractivity contribution < 1.29 is 27.9 Å². The molecule has 1 saturated heterocycles. The Balaban J connectivity index is 1.23. The Morgan fingerprint density at radius 3 is 2.66 bits per heavy atom. The molecule has 0 bridgehead atoms. The molecule has 0 amide bonds. The first-order chi connectivity index (χ1) is 16.9. The number of benzene rings is 2. The molecule has 3 aliphatic rings. The number of carboxylic acid groups (broad SMARTS) is 1. The molecular weight excluding hydrogens is 456 g/mol. The van der Waals surface area contributed by atoms with Crippen LogP contribution in [0.4, 0.5) is 8.78 Å². The summed E-state index contributed by atoms with van der Waals surface area (Å²) in [5.74, 6) is 0.205. The summed E-state index contributed by atoms with van der Waals surface area (Å²) < 4.78 is 34.7. The summed E-state index contributed by atoms with van der Waals surface area (Å²) in [7, 11) is 0. The smallest absolute Gasteiger partial charge is 0.387 e. The molecule has 1 saturated carbocycles. The predicted octanol–water partition coefficient (Wildman–Crippen LogP) is 4.76. The maximum Gasteiger partial charge on any atom is 0.387 e. The van der Waals surface area contributed by atoms with Crippen LogP contribution in [0.25, 0.3) is 22.8 Å². The van der Waals surface area contributed by atoms with Crippen molar-refractivity contribution >= 4 is 5.97 Å². The van der Waals surface area contributed by atoms with Crippen LogP contribution in [0.2, 0.25) is 0 Å². The Bertz CT molecular complexity index is 1270. The number of fused-ring (bicyclic) bond motifs is 2. The maximum absolute atomic E-state index is 12.4. The molecule has 1 aliphatic heterocycles. The first kappa shape index (κ1) is 22.2. The number of carbonyl (C=O) groups is 1. The van der Waals surface area contributed by atoms with Gasteiger partial charge in [0.25, 0.3) is 5.89 Å². The first-order valence-electron chi connectivity index (χ1n) is 11.9. The Labute approximate surface area is 200 Å². The number of rotatable bonds is 7. The molecule has 9 heteroatoms. The molecule has 2 aliphatic carbocycles. The lowest BCUT2D eigenvalue weighted by Crippen LogP contribution is -2.35. The molecule has 6 rings (SSSR count). The molecule has 2 aromatic carbocycles. The van der Waals surface area contributed by atoms with Crippen molar-refractivity contribution in [2.75, 3.05) is 19.6 Å². The third-order valence-corrected chi connectivity index (χ3v) is 7.86. The van der Waals surface area contributed by atoms with Crippen LogP contribution in [0.3, 0.4) is 0 Å². The van der Waals surface area contributed by atoms with Crippen LogP contribution in [0, 0.1) is 5.41 Å². The highest BCUT2D eigenvalue weighted by Gasteiger charge is 2.53. The molecule has 0 radical (unpaired) electrons. The van der Waals surface area contributed by atoms with E-state index in [-0.39, 0.29) is 11.2 Å². The average Bonchev–Trinajstić information content (AvgIpc) is 3.17. The van der Waals surface area contributed by atoms with E-state index in [9.17, 15) is 18.7 Å². The second-order valence-corrected chi connectivity index (χ2v) is 9.98. The number of halogens is 2. The van der Waals surface area contributed by atoms with Gasteiger partial charge in [0.1, 0.15) is 5.75 Å². The molecule has 1 aromatic heterocycles. The summed E-state index contributed by atoms with van der Waals surface area (Å²) in [5.41, 5.74) is 3.58. The van der Waals surface area contributed by atoms with Gasteiger partial charge in [-0.05, 0) is 74.0 Å². The van der Waals surface area contributed by atoms with Gasteiger partial charge in [0.15, 0.2) is 0 Å². The normalized spacial score (nSPS) is 22.6. The van der Waals surface area contributed by atoms with E-state index in [0.717, 1.165) is 50.8 Å². The lowest BCUT2D eigenvalue weighted by Gasteiger charge is -2.27. The third kappa shape index (κ3) is 3.87. The van der Waals surface area contributed by atoms with Crippen LogP contribution in [0.1, 0.15) is 36.8 Å². The van der Waals surface area contributed by atoms with Crippen molar-refractivity contribution in [3.8, 4) is 28.6 Å². The number of nitrogens with zero attached hydrogens (tertiary/aromatic N) is 3. The number of aliphatic carboxylic acids is 1. The molecule has 7 nitrogen and oxygen atoms in total. The van der Waals surface area contributed by atoms with E-state index < -0.39 is 18.0 Å². The van der Waals surface area contributed by atoms with Crippen LogP contribution in [0.5, 0.6) is 5.75 Å². The fraction of sp³-hybridized carbons (Fsp3) is 0.423. The summed E-state index contributed by atoms with van der Waals surface area (Å²) in [6.07, 6.45) is 4.49. The van der Waals surface area contributed by atoms with E-state index in [0.29, 0.717) is 23.8 Å². The largest absolute Gasteiger partial charge is 0.481 e. The molecule has 2 heterocycles. The molecule has 2 fully saturated rings. The molecule has 3 aromatic rings. The van der Waals surface area contributed by atoms with E-state index in [2.05, 4.69) is 25.8 Å². The number of aromatic nitrogens is 2. The van der Waals surface area contributed by atoms with Crippen molar-refractivity contribution in [2.24, 2.45) is 5.41 Å². The Hall–Kier alpha value is -3.33.